The molecule has 1 aliphatic rings. The molecule has 1 saturated heterocycles. The Balaban J connectivity index is 0.00000225. The van der Waals surface area contributed by atoms with Crippen molar-refractivity contribution < 1.29 is 9.53 Å². The highest BCUT2D eigenvalue weighted by molar-refractivity contribution is 5.94. The minimum atomic E-state index is 0. The molecule has 7 heteroatoms. The Morgan fingerprint density at radius 1 is 1.32 bits per heavy atom. The first kappa shape index (κ1) is 19.3. The Hall–Kier alpha value is -2.05. The summed E-state index contributed by atoms with van der Waals surface area (Å²) in [7, 11) is 1.65. The number of benzene rings is 1. The predicted molar refractivity (Wildman–Crippen MR) is 99.5 cm³/mol. The Morgan fingerprint density at radius 3 is 2.72 bits per heavy atom. The lowest BCUT2D eigenvalue weighted by Crippen LogP contribution is -2.57. The third kappa shape index (κ3) is 4.32. The molecule has 2 heterocycles. The molecule has 2 unspecified atom stereocenters. The summed E-state index contributed by atoms with van der Waals surface area (Å²) in [5.41, 5.74) is 1.76. The monoisotopic (exact) mass is 364 g/mol. The number of nitrogens with zero attached hydrogens (tertiary/aromatic N) is 3. The second-order valence-electron chi connectivity index (χ2n) is 6.26. The van der Waals surface area contributed by atoms with E-state index in [0.29, 0.717) is 18.2 Å². The molecule has 136 valence electrons. The Morgan fingerprint density at radius 2 is 2.04 bits per heavy atom. The van der Waals surface area contributed by atoms with E-state index < -0.39 is 0 Å². The van der Waals surface area contributed by atoms with Gasteiger partial charge in [-0.25, -0.2) is 0 Å². The lowest BCUT2D eigenvalue weighted by Gasteiger charge is -2.38. The number of methoxy groups -OCH3 is 1. The topological polar surface area (TPSA) is 59.4 Å². The van der Waals surface area contributed by atoms with Crippen LogP contribution < -0.4 is 10.1 Å². The van der Waals surface area contributed by atoms with Crippen LogP contribution in [0.3, 0.4) is 0 Å². The summed E-state index contributed by atoms with van der Waals surface area (Å²) in [4.78, 5) is 14.7. The molecule has 1 N–H and O–H groups in total. The standard InChI is InChI=1S/C18H24N4O2.ClH/c1-13-14(2)22(9-8-19-13)18(23)16-10-20-21(12-16)11-15-4-6-17(24-3)7-5-15;/h4-7,10,12-14,19H,8-9,11H2,1-3H3;1H. The summed E-state index contributed by atoms with van der Waals surface area (Å²) in [5, 5.41) is 7.73. The van der Waals surface area contributed by atoms with Crippen LogP contribution in [0.5, 0.6) is 5.75 Å². The highest BCUT2D eigenvalue weighted by atomic mass is 35.5. The largest absolute Gasteiger partial charge is 0.497 e. The molecular formula is C18H25ClN4O2. The van der Waals surface area contributed by atoms with E-state index >= 15 is 0 Å². The van der Waals surface area contributed by atoms with Crippen LogP contribution in [0.1, 0.15) is 29.8 Å². The zero-order valence-electron chi connectivity index (χ0n) is 14.8. The zero-order chi connectivity index (χ0) is 17.1. The average molecular weight is 365 g/mol. The summed E-state index contributed by atoms with van der Waals surface area (Å²) < 4.78 is 6.96. The zero-order valence-corrected chi connectivity index (χ0v) is 15.6. The molecule has 0 spiro atoms. The van der Waals surface area contributed by atoms with Crippen molar-refractivity contribution in [3.05, 3.63) is 47.8 Å². The van der Waals surface area contributed by atoms with Crippen LogP contribution in [0.15, 0.2) is 36.7 Å². The summed E-state index contributed by atoms with van der Waals surface area (Å²) in [6.45, 7) is 6.38. The van der Waals surface area contributed by atoms with Gasteiger partial charge in [0.15, 0.2) is 0 Å². The molecule has 0 saturated carbocycles. The molecule has 6 nitrogen and oxygen atoms in total. The normalized spacial score (nSPS) is 20.0. The number of carbonyl (C=O) groups is 1. The maximum Gasteiger partial charge on any atom is 0.257 e. The van der Waals surface area contributed by atoms with Crippen LogP contribution in [0.4, 0.5) is 0 Å². The summed E-state index contributed by atoms with van der Waals surface area (Å²) in [6.07, 6.45) is 3.48. The van der Waals surface area contributed by atoms with Crippen LogP contribution in [-0.4, -0.2) is 52.9 Å². The van der Waals surface area contributed by atoms with E-state index in [9.17, 15) is 4.79 Å². The second-order valence-corrected chi connectivity index (χ2v) is 6.26. The third-order valence-corrected chi connectivity index (χ3v) is 4.68. The lowest BCUT2D eigenvalue weighted by molar-refractivity contribution is 0.0603. The van der Waals surface area contributed by atoms with Crippen molar-refractivity contribution in [2.45, 2.75) is 32.5 Å². The molecule has 0 radical (unpaired) electrons. The minimum absolute atomic E-state index is 0. The maximum atomic E-state index is 12.7. The number of amides is 1. The van der Waals surface area contributed by atoms with Gasteiger partial charge in [-0.3, -0.25) is 9.48 Å². The SMILES string of the molecule is COc1ccc(Cn2cc(C(=O)N3CCNC(C)C3C)cn2)cc1.Cl. The Labute approximate surface area is 154 Å². The van der Waals surface area contributed by atoms with Crippen molar-refractivity contribution in [2.75, 3.05) is 20.2 Å². The quantitative estimate of drug-likeness (QED) is 0.903. The number of hydrogen-bond acceptors (Lipinski definition) is 4. The summed E-state index contributed by atoms with van der Waals surface area (Å²) in [6, 6.07) is 8.33. The van der Waals surface area contributed by atoms with Gasteiger partial charge in [0.25, 0.3) is 5.91 Å². The minimum Gasteiger partial charge on any atom is -0.497 e. The molecule has 1 aromatic heterocycles. The number of carbonyl (C=O) groups excluding carboxylic acids is 1. The van der Waals surface area contributed by atoms with Crippen molar-refractivity contribution in [3.8, 4) is 5.75 Å². The van der Waals surface area contributed by atoms with E-state index in [1.165, 1.54) is 0 Å². The average Bonchev–Trinajstić information content (AvgIpc) is 3.06. The number of ether oxygens (including phenoxy) is 1. The van der Waals surface area contributed by atoms with Gasteiger partial charge in [-0.15, -0.1) is 12.4 Å². The number of aromatic nitrogens is 2. The number of rotatable bonds is 4. The first-order valence-corrected chi connectivity index (χ1v) is 8.28. The van der Waals surface area contributed by atoms with Crippen LogP contribution in [0, 0.1) is 0 Å². The van der Waals surface area contributed by atoms with E-state index in [0.717, 1.165) is 24.4 Å². The van der Waals surface area contributed by atoms with Gasteiger partial charge in [0.1, 0.15) is 5.75 Å². The first-order chi connectivity index (χ1) is 11.6. The van der Waals surface area contributed by atoms with Gasteiger partial charge in [-0.05, 0) is 31.5 Å². The predicted octanol–water partition coefficient (Wildman–Crippen LogP) is 2.18. The van der Waals surface area contributed by atoms with Gasteiger partial charge >= 0.3 is 0 Å². The van der Waals surface area contributed by atoms with Crippen molar-refractivity contribution in [1.29, 1.82) is 0 Å². The summed E-state index contributed by atoms with van der Waals surface area (Å²) in [5.74, 6) is 0.883. The van der Waals surface area contributed by atoms with Crippen molar-refractivity contribution >= 4 is 18.3 Å². The smallest absolute Gasteiger partial charge is 0.257 e. The van der Waals surface area contributed by atoms with Crippen LogP contribution >= 0.6 is 12.4 Å². The number of nitrogens with one attached hydrogen (secondary N) is 1. The number of piperazine rings is 1. The molecule has 0 aliphatic carbocycles. The van der Waals surface area contributed by atoms with Gasteiger partial charge in [0.05, 0.1) is 25.4 Å². The van der Waals surface area contributed by atoms with Gasteiger partial charge < -0.3 is 15.0 Å². The lowest BCUT2D eigenvalue weighted by atomic mass is 10.1. The maximum absolute atomic E-state index is 12.7. The molecular weight excluding hydrogens is 340 g/mol. The van der Waals surface area contributed by atoms with E-state index in [-0.39, 0.29) is 24.4 Å². The molecule has 2 aromatic rings. The number of hydrogen-bond donors (Lipinski definition) is 1. The molecule has 1 aliphatic heterocycles. The van der Waals surface area contributed by atoms with Crippen molar-refractivity contribution in [3.63, 3.8) is 0 Å². The van der Waals surface area contributed by atoms with Crippen LogP contribution in [0.25, 0.3) is 0 Å². The van der Waals surface area contributed by atoms with Gasteiger partial charge in [0.2, 0.25) is 0 Å². The van der Waals surface area contributed by atoms with Gasteiger partial charge in [-0.1, -0.05) is 12.1 Å². The van der Waals surface area contributed by atoms with E-state index in [2.05, 4.69) is 24.3 Å². The van der Waals surface area contributed by atoms with E-state index in [1.54, 1.807) is 18.0 Å². The Kier molecular flexibility index (Phi) is 6.45. The molecule has 1 amide bonds. The molecule has 2 atom stereocenters. The fraction of sp³-hybridized carbons (Fsp3) is 0.444. The first-order valence-electron chi connectivity index (χ1n) is 8.28. The van der Waals surface area contributed by atoms with E-state index in [4.69, 9.17) is 4.74 Å². The fourth-order valence-electron chi connectivity index (χ4n) is 2.99. The summed E-state index contributed by atoms with van der Waals surface area (Å²) >= 11 is 0. The van der Waals surface area contributed by atoms with Crippen LogP contribution in [-0.2, 0) is 6.54 Å². The van der Waals surface area contributed by atoms with Gasteiger partial charge in [0, 0.05) is 31.4 Å². The third-order valence-electron chi connectivity index (χ3n) is 4.68. The molecule has 1 aromatic carbocycles. The molecule has 25 heavy (non-hydrogen) atoms. The highest BCUT2D eigenvalue weighted by Crippen LogP contribution is 2.15. The fourth-order valence-corrected chi connectivity index (χ4v) is 2.99. The number of halogens is 1. The van der Waals surface area contributed by atoms with Crippen molar-refractivity contribution in [2.24, 2.45) is 0 Å². The Bertz CT molecular complexity index is 701. The van der Waals surface area contributed by atoms with E-state index in [1.807, 2.05) is 35.4 Å². The van der Waals surface area contributed by atoms with Crippen LogP contribution in [0.2, 0.25) is 0 Å². The molecule has 0 bridgehead atoms. The highest BCUT2D eigenvalue weighted by Gasteiger charge is 2.29. The molecule has 3 rings (SSSR count). The second kappa shape index (κ2) is 8.36. The molecule has 1 fully saturated rings. The van der Waals surface area contributed by atoms with Gasteiger partial charge in [-0.2, -0.15) is 5.10 Å². The van der Waals surface area contributed by atoms with Crippen molar-refractivity contribution in [1.82, 2.24) is 20.0 Å².